The summed E-state index contributed by atoms with van der Waals surface area (Å²) in [5.41, 5.74) is 4.02. The predicted octanol–water partition coefficient (Wildman–Crippen LogP) is 4.58. The van der Waals surface area contributed by atoms with E-state index in [9.17, 15) is 0 Å². The van der Waals surface area contributed by atoms with Crippen LogP contribution in [0.25, 0.3) is 0 Å². The van der Waals surface area contributed by atoms with Gasteiger partial charge in [0.05, 0.1) is 5.02 Å². The van der Waals surface area contributed by atoms with Gasteiger partial charge in [-0.3, -0.25) is 11.3 Å². The molecule has 1 aliphatic carbocycles. The third kappa shape index (κ3) is 3.47. The maximum atomic E-state index is 6.34. The second-order valence-electron chi connectivity index (χ2n) is 5.10. The number of hydrogen-bond donors (Lipinski definition) is 2. The quantitative estimate of drug-likeness (QED) is 0.626. The molecule has 4 heteroatoms. The van der Waals surface area contributed by atoms with Gasteiger partial charge in [0.2, 0.25) is 0 Å². The zero-order valence-corrected chi connectivity index (χ0v) is 12.8. The van der Waals surface area contributed by atoms with Crippen LogP contribution < -0.4 is 11.3 Å². The van der Waals surface area contributed by atoms with E-state index in [-0.39, 0.29) is 6.04 Å². The van der Waals surface area contributed by atoms with Gasteiger partial charge in [-0.2, -0.15) is 0 Å². The monoisotopic (exact) mass is 330 g/mol. The van der Waals surface area contributed by atoms with E-state index in [4.69, 9.17) is 17.4 Å². The van der Waals surface area contributed by atoms with Crippen molar-refractivity contribution in [3.8, 4) is 0 Å². The van der Waals surface area contributed by atoms with E-state index >= 15 is 0 Å². The first-order chi connectivity index (χ1) is 8.72. The number of nitrogens with one attached hydrogen (secondary N) is 1. The summed E-state index contributed by atoms with van der Waals surface area (Å²) in [5.74, 6) is 6.49. The second kappa shape index (κ2) is 6.90. The summed E-state index contributed by atoms with van der Waals surface area (Å²) in [6.45, 7) is 0. The Hall–Kier alpha value is -0.0900. The average Bonchev–Trinajstić information content (AvgIpc) is 2.41. The van der Waals surface area contributed by atoms with Gasteiger partial charge >= 0.3 is 0 Å². The predicted molar refractivity (Wildman–Crippen MR) is 80.4 cm³/mol. The van der Waals surface area contributed by atoms with Crippen molar-refractivity contribution in [2.24, 2.45) is 11.8 Å². The molecule has 0 spiro atoms. The van der Waals surface area contributed by atoms with E-state index in [1.807, 2.05) is 12.1 Å². The Morgan fingerprint density at radius 3 is 2.72 bits per heavy atom. The first-order valence-corrected chi connectivity index (χ1v) is 7.79. The number of benzene rings is 1. The minimum atomic E-state index is 0.151. The van der Waals surface area contributed by atoms with Crippen molar-refractivity contribution in [2.75, 3.05) is 0 Å². The highest BCUT2D eigenvalue weighted by Crippen LogP contribution is 2.36. The minimum absolute atomic E-state index is 0.151. The normalized spacial score (nSPS) is 18.8. The molecule has 0 aliphatic heterocycles. The number of hydrazine groups is 1. The lowest BCUT2D eigenvalue weighted by atomic mass is 9.83. The highest BCUT2D eigenvalue weighted by atomic mass is 79.9. The Balaban J connectivity index is 2.09. The molecule has 0 amide bonds. The molecule has 1 aromatic carbocycles. The van der Waals surface area contributed by atoms with E-state index in [1.54, 1.807) is 0 Å². The van der Waals surface area contributed by atoms with Crippen LogP contribution in [-0.2, 0) is 0 Å². The molecule has 0 saturated heterocycles. The van der Waals surface area contributed by atoms with Crippen LogP contribution in [0.4, 0.5) is 0 Å². The Bertz CT molecular complexity index is 391. The maximum Gasteiger partial charge on any atom is 0.0596 e. The van der Waals surface area contributed by atoms with Crippen LogP contribution in [0.5, 0.6) is 0 Å². The van der Waals surface area contributed by atoms with Crippen LogP contribution in [0.2, 0.25) is 5.02 Å². The van der Waals surface area contributed by atoms with E-state index in [0.717, 1.165) is 27.4 Å². The molecular formula is C14H20BrClN2. The zero-order valence-electron chi connectivity index (χ0n) is 10.5. The minimum Gasteiger partial charge on any atom is -0.271 e. The van der Waals surface area contributed by atoms with Crippen LogP contribution in [0.3, 0.4) is 0 Å². The summed E-state index contributed by atoms with van der Waals surface area (Å²) in [7, 11) is 0. The fourth-order valence-corrected chi connectivity index (χ4v) is 3.47. The van der Waals surface area contributed by atoms with E-state index < -0.39 is 0 Å². The molecular weight excluding hydrogens is 312 g/mol. The van der Waals surface area contributed by atoms with Gasteiger partial charge in [0.25, 0.3) is 0 Å². The lowest BCUT2D eigenvalue weighted by Gasteiger charge is -2.27. The fourth-order valence-electron chi connectivity index (χ4n) is 2.83. The lowest BCUT2D eigenvalue weighted by Crippen LogP contribution is -2.30. The van der Waals surface area contributed by atoms with Crippen molar-refractivity contribution in [1.82, 2.24) is 5.43 Å². The molecule has 3 N–H and O–H groups in total. The van der Waals surface area contributed by atoms with Crippen LogP contribution in [0.1, 0.15) is 50.1 Å². The SMILES string of the molecule is NNC(CC1CCCCC1)c1cccc(Br)c1Cl. The number of halogens is 2. The molecule has 1 saturated carbocycles. The molecule has 100 valence electrons. The maximum absolute atomic E-state index is 6.34. The molecule has 1 unspecified atom stereocenters. The molecule has 1 atom stereocenters. The summed E-state index contributed by atoms with van der Waals surface area (Å²) in [6.07, 6.45) is 7.82. The molecule has 1 aliphatic rings. The molecule has 0 heterocycles. The van der Waals surface area contributed by atoms with Gasteiger partial charge in [0.15, 0.2) is 0 Å². The van der Waals surface area contributed by atoms with Gasteiger partial charge in [-0.05, 0) is 39.9 Å². The highest BCUT2D eigenvalue weighted by molar-refractivity contribution is 9.10. The summed E-state index contributed by atoms with van der Waals surface area (Å²) in [4.78, 5) is 0. The van der Waals surface area contributed by atoms with Gasteiger partial charge in [-0.1, -0.05) is 55.8 Å². The number of rotatable bonds is 4. The number of hydrogen-bond acceptors (Lipinski definition) is 2. The van der Waals surface area contributed by atoms with Gasteiger partial charge in [-0.15, -0.1) is 0 Å². The van der Waals surface area contributed by atoms with Crippen molar-refractivity contribution in [1.29, 1.82) is 0 Å². The third-order valence-corrected chi connectivity index (χ3v) is 5.16. The van der Waals surface area contributed by atoms with Gasteiger partial charge in [-0.25, -0.2) is 0 Å². The standard InChI is InChI=1S/C14H20BrClN2/c15-12-8-4-7-11(14(12)16)13(18-17)9-10-5-2-1-3-6-10/h4,7-8,10,13,18H,1-3,5-6,9,17H2. The largest absolute Gasteiger partial charge is 0.271 e. The molecule has 0 bridgehead atoms. The molecule has 18 heavy (non-hydrogen) atoms. The highest BCUT2D eigenvalue weighted by Gasteiger charge is 2.21. The van der Waals surface area contributed by atoms with Gasteiger partial charge in [0.1, 0.15) is 0 Å². The van der Waals surface area contributed by atoms with Crippen LogP contribution in [-0.4, -0.2) is 0 Å². The summed E-state index contributed by atoms with van der Waals surface area (Å²) < 4.78 is 0.936. The lowest BCUT2D eigenvalue weighted by molar-refractivity contribution is 0.301. The molecule has 0 aromatic heterocycles. The molecule has 2 nitrogen and oxygen atoms in total. The fraction of sp³-hybridized carbons (Fsp3) is 0.571. The zero-order chi connectivity index (χ0) is 13.0. The Morgan fingerprint density at radius 1 is 1.33 bits per heavy atom. The van der Waals surface area contributed by atoms with Crippen molar-refractivity contribution in [3.05, 3.63) is 33.3 Å². The Kier molecular flexibility index (Phi) is 5.49. The van der Waals surface area contributed by atoms with Gasteiger partial charge in [0, 0.05) is 10.5 Å². The van der Waals surface area contributed by atoms with E-state index in [1.165, 1.54) is 32.1 Å². The molecule has 1 aromatic rings. The Labute approximate surface area is 122 Å². The third-order valence-electron chi connectivity index (χ3n) is 3.85. The van der Waals surface area contributed by atoms with Crippen molar-refractivity contribution >= 4 is 27.5 Å². The number of nitrogens with two attached hydrogens (primary N) is 1. The molecule has 1 fully saturated rings. The molecule has 0 radical (unpaired) electrons. The molecule has 2 rings (SSSR count). The summed E-state index contributed by atoms with van der Waals surface area (Å²) >= 11 is 9.81. The van der Waals surface area contributed by atoms with E-state index in [2.05, 4.69) is 27.4 Å². The van der Waals surface area contributed by atoms with Crippen LogP contribution >= 0.6 is 27.5 Å². The summed E-state index contributed by atoms with van der Waals surface area (Å²) in [5, 5.41) is 0.774. The van der Waals surface area contributed by atoms with Gasteiger partial charge < -0.3 is 0 Å². The first-order valence-electron chi connectivity index (χ1n) is 6.62. The first kappa shape index (κ1) is 14.3. The Morgan fingerprint density at radius 2 is 2.06 bits per heavy atom. The van der Waals surface area contributed by atoms with Crippen molar-refractivity contribution in [3.63, 3.8) is 0 Å². The van der Waals surface area contributed by atoms with Crippen LogP contribution in [0, 0.1) is 5.92 Å². The van der Waals surface area contributed by atoms with E-state index in [0.29, 0.717) is 0 Å². The van der Waals surface area contributed by atoms with Crippen molar-refractivity contribution in [2.45, 2.75) is 44.6 Å². The topological polar surface area (TPSA) is 38.0 Å². The summed E-state index contributed by atoms with van der Waals surface area (Å²) in [6, 6.07) is 6.18. The van der Waals surface area contributed by atoms with Crippen LogP contribution in [0.15, 0.2) is 22.7 Å². The second-order valence-corrected chi connectivity index (χ2v) is 6.33. The smallest absolute Gasteiger partial charge is 0.0596 e. The van der Waals surface area contributed by atoms with Crippen molar-refractivity contribution < 1.29 is 0 Å². The average molecular weight is 332 g/mol.